The Morgan fingerprint density at radius 1 is 1.19 bits per heavy atom. The van der Waals surface area contributed by atoms with Crippen molar-refractivity contribution in [3.05, 3.63) is 12.2 Å². The Morgan fingerprint density at radius 2 is 1.89 bits per heavy atom. The van der Waals surface area contributed by atoms with Gasteiger partial charge in [-0.2, -0.15) is 12.6 Å². The molecule has 0 bridgehead atoms. The van der Waals surface area contributed by atoms with Crippen molar-refractivity contribution in [2.24, 2.45) is 0 Å². The Labute approximate surface area is 162 Å². The molecule has 148 valence electrons. The molecule has 10 heteroatoms. The number of nitrogens with zero attached hydrogens (tertiary/aromatic N) is 4. The van der Waals surface area contributed by atoms with Gasteiger partial charge in [0.15, 0.2) is 23.2 Å². The van der Waals surface area contributed by atoms with Crippen molar-refractivity contribution >= 4 is 29.6 Å². The molecule has 4 atom stereocenters. The molecule has 2 aliphatic rings. The van der Waals surface area contributed by atoms with Gasteiger partial charge in [0, 0.05) is 0 Å². The summed E-state index contributed by atoms with van der Waals surface area (Å²) in [5.74, 6) is 0.835. The number of anilines is 1. The van der Waals surface area contributed by atoms with Crippen LogP contribution in [0.4, 0.5) is 5.82 Å². The average Bonchev–Trinajstić information content (AvgIpc) is 3.08. The predicted octanol–water partition coefficient (Wildman–Crippen LogP) is 0.499. The van der Waals surface area contributed by atoms with Crippen molar-refractivity contribution in [1.29, 1.82) is 0 Å². The van der Waals surface area contributed by atoms with E-state index < -0.39 is 35.9 Å². The van der Waals surface area contributed by atoms with E-state index in [9.17, 15) is 15.3 Å². The van der Waals surface area contributed by atoms with E-state index in [1.165, 1.54) is 6.33 Å². The third-order valence-corrected chi connectivity index (χ3v) is 6.27. The highest BCUT2D eigenvalue weighted by Gasteiger charge is 2.47. The summed E-state index contributed by atoms with van der Waals surface area (Å²) >= 11 is 4.99. The largest absolute Gasteiger partial charge is 0.394 e. The number of rotatable bonds is 3. The zero-order valence-electron chi connectivity index (χ0n) is 14.9. The molecule has 1 aliphatic heterocycles. The van der Waals surface area contributed by atoms with Crippen LogP contribution in [0.3, 0.4) is 0 Å². The van der Waals surface area contributed by atoms with Gasteiger partial charge in [-0.15, -0.1) is 0 Å². The van der Waals surface area contributed by atoms with Gasteiger partial charge in [-0.05, 0) is 12.8 Å². The first-order valence-corrected chi connectivity index (χ1v) is 9.75. The fourth-order valence-electron chi connectivity index (χ4n) is 4.13. The molecule has 0 amide bonds. The van der Waals surface area contributed by atoms with Crippen LogP contribution in [0.1, 0.15) is 50.6 Å². The molecule has 27 heavy (non-hydrogen) atoms. The number of hydrogen-bond donors (Lipinski definition) is 5. The minimum Gasteiger partial charge on any atom is -0.394 e. The standard InChI is InChI=1S/C17H25N5O4S/c18-13-10-14(20-8-19-13)22(15-12(25)11(24)9(7-23)26-15)16(21-10)17(27)5-3-1-2-4-6-17/h8-9,11-12,15,23-25,27H,1-7H2,(H2,18,19,20)/t9-,11?,12?,15-/m1/s1. The minimum absolute atomic E-state index is 0.234. The summed E-state index contributed by atoms with van der Waals surface area (Å²) in [4.78, 5) is 13.0. The molecule has 5 N–H and O–H groups in total. The van der Waals surface area contributed by atoms with Gasteiger partial charge >= 0.3 is 0 Å². The molecule has 2 fully saturated rings. The smallest absolute Gasteiger partial charge is 0.167 e. The molecule has 1 saturated carbocycles. The maximum absolute atomic E-state index is 10.6. The van der Waals surface area contributed by atoms with Gasteiger partial charge in [0.1, 0.15) is 30.5 Å². The van der Waals surface area contributed by atoms with Crippen LogP contribution in [-0.4, -0.2) is 59.8 Å². The second-order valence-corrected chi connectivity index (χ2v) is 8.27. The zero-order valence-corrected chi connectivity index (χ0v) is 15.8. The third-order valence-electron chi connectivity index (χ3n) is 5.62. The Kier molecular flexibility index (Phi) is 5.02. The molecule has 1 saturated heterocycles. The number of aliphatic hydroxyl groups excluding tert-OH is 3. The van der Waals surface area contributed by atoms with E-state index >= 15 is 0 Å². The second-order valence-electron chi connectivity index (χ2n) is 7.41. The number of fused-ring (bicyclic) bond motifs is 1. The van der Waals surface area contributed by atoms with Gasteiger partial charge in [-0.3, -0.25) is 4.57 Å². The summed E-state index contributed by atoms with van der Waals surface area (Å²) in [7, 11) is 0. The van der Waals surface area contributed by atoms with Gasteiger partial charge in [0.25, 0.3) is 0 Å². The molecule has 3 heterocycles. The van der Waals surface area contributed by atoms with E-state index in [2.05, 4.69) is 9.97 Å². The number of nitrogen functional groups attached to an aromatic ring is 1. The van der Waals surface area contributed by atoms with Crippen molar-refractivity contribution in [2.75, 3.05) is 12.3 Å². The number of imidazole rings is 1. The van der Waals surface area contributed by atoms with Crippen molar-refractivity contribution in [3.8, 4) is 0 Å². The average molecular weight is 395 g/mol. The lowest BCUT2D eigenvalue weighted by molar-refractivity contribution is -0.0529. The van der Waals surface area contributed by atoms with Crippen molar-refractivity contribution in [3.63, 3.8) is 0 Å². The normalized spacial score (nSPS) is 31.3. The number of thiol groups is 1. The van der Waals surface area contributed by atoms with Crippen molar-refractivity contribution in [2.45, 2.75) is 67.8 Å². The van der Waals surface area contributed by atoms with E-state index in [1.807, 2.05) is 0 Å². The maximum atomic E-state index is 10.6. The quantitative estimate of drug-likeness (QED) is 0.374. The maximum Gasteiger partial charge on any atom is 0.167 e. The molecule has 0 radical (unpaired) electrons. The fourth-order valence-corrected chi connectivity index (χ4v) is 4.60. The molecule has 0 spiro atoms. The van der Waals surface area contributed by atoms with Gasteiger partial charge < -0.3 is 25.8 Å². The lowest BCUT2D eigenvalue weighted by Gasteiger charge is -2.29. The first kappa shape index (κ1) is 18.9. The summed E-state index contributed by atoms with van der Waals surface area (Å²) in [5.41, 5.74) is 6.85. The SMILES string of the molecule is Nc1ncnc2c1nc(C1(S)CCCCCC1)n2[C@@H]1O[C@H](CO)C(O)C1O. The summed E-state index contributed by atoms with van der Waals surface area (Å²) in [6.45, 7) is -0.403. The van der Waals surface area contributed by atoms with E-state index in [1.54, 1.807) is 4.57 Å². The predicted molar refractivity (Wildman–Crippen MR) is 101 cm³/mol. The van der Waals surface area contributed by atoms with Crippen LogP contribution < -0.4 is 5.73 Å². The minimum atomic E-state index is -1.24. The molecule has 2 aromatic rings. The number of nitrogens with two attached hydrogens (primary N) is 1. The molecule has 2 unspecified atom stereocenters. The summed E-state index contributed by atoms with van der Waals surface area (Å²) < 4.78 is 6.92. The molecule has 4 rings (SSSR count). The highest BCUT2D eigenvalue weighted by atomic mass is 32.1. The molecule has 9 nitrogen and oxygen atoms in total. The van der Waals surface area contributed by atoms with E-state index in [0.29, 0.717) is 17.0 Å². The number of aliphatic hydroxyl groups is 3. The Morgan fingerprint density at radius 3 is 2.52 bits per heavy atom. The monoisotopic (exact) mass is 395 g/mol. The van der Waals surface area contributed by atoms with Crippen molar-refractivity contribution in [1.82, 2.24) is 19.5 Å². The second kappa shape index (κ2) is 7.17. The molecule has 1 aliphatic carbocycles. The zero-order chi connectivity index (χ0) is 19.2. The summed E-state index contributed by atoms with van der Waals surface area (Å²) in [6.07, 6.45) is 3.00. The van der Waals surface area contributed by atoms with Crippen LogP contribution in [-0.2, 0) is 9.48 Å². The van der Waals surface area contributed by atoms with Gasteiger partial charge in [-0.1, -0.05) is 25.7 Å². The van der Waals surface area contributed by atoms with E-state index in [-0.39, 0.29) is 5.82 Å². The van der Waals surface area contributed by atoms with Crippen LogP contribution in [0.5, 0.6) is 0 Å². The molecule has 2 aromatic heterocycles. The van der Waals surface area contributed by atoms with Gasteiger partial charge in [0.05, 0.1) is 11.4 Å². The Hall–Kier alpha value is -1.46. The van der Waals surface area contributed by atoms with Crippen LogP contribution >= 0.6 is 12.6 Å². The van der Waals surface area contributed by atoms with Gasteiger partial charge in [-0.25, -0.2) is 15.0 Å². The number of hydrogen-bond acceptors (Lipinski definition) is 9. The highest BCUT2D eigenvalue weighted by molar-refractivity contribution is 7.81. The van der Waals surface area contributed by atoms with Crippen LogP contribution in [0.2, 0.25) is 0 Å². The summed E-state index contributed by atoms with van der Waals surface area (Å²) in [5, 5.41) is 30.3. The third kappa shape index (κ3) is 3.09. The van der Waals surface area contributed by atoms with E-state index in [0.717, 1.165) is 38.5 Å². The number of aromatic nitrogens is 4. The highest BCUT2D eigenvalue weighted by Crippen LogP contribution is 2.44. The lowest BCUT2D eigenvalue weighted by atomic mass is 9.97. The molecule has 0 aromatic carbocycles. The Bertz CT molecular complexity index is 823. The first-order chi connectivity index (χ1) is 13.0. The van der Waals surface area contributed by atoms with Crippen molar-refractivity contribution < 1.29 is 20.1 Å². The van der Waals surface area contributed by atoms with Crippen LogP contribution in [0.15, 0.2) is 6.33 Å². The first-order valence-electron chi connectivity index (χ1n) is 9.30. The van der Waals surface area contributed by atoms with Crippen LogP contribution in [0, 0.1) is 0 Å². The molecular weight excluding hydrogens is 370 g/mol. The lowest BCUT2D eigenvalue weighted by Crippen LogP contribution is -2.34. The van der Waals surface area contributed by atoms with Crippen LogP contribution in [0.25, 0.3) is 11.2 Å². The topological polar surface area (TPSA) is 140 Å². The van der Waals surface area contributed by atoms with Gasteiger partial charge in [0.2, 0.25) is 0 Å². The van der Waals surface area contributed by atoms with E-state index in [4.69, 9.17) is 28.1 Å². The molecular formula is C17H25N5O4S. The summed E-state index contributed by atoms with van der Waals surface area (Å²) in [6, 6.07) is 0. The Balaban J connectivity index is 1.89. The fraction of sp³-hybridized carbons (Fsp3) is 0.706. The number of ether oxygens (including phenoxy) is 1.